The van der Waals surface area contributed by atoms with Crippen molar-refractivity contribution in [1.29, 1.82) is 0 Å². The largest absolute Gasteiger partial charge is 0.497 e. The third kappa shape index (κ3) is 1.69. The quantitative estimate of drug-likeness (QED) is 0.810. The maximum absolute atomic E-state index is 5.39. The number of hydrogen-bond acceptors (Lipinski definition) is 1. The zero-order valence-electron chi connectivity index (χ0n) is 11.6. The molecule has 1 spiro atoms. The number of methoxy groups -OCH3 is 1. The highest BCUT2D eigenvalue weighted by molar-refractivity contribution is 5.86. The Labute approximate surface area is 114 Å². The molecule has 2 nitrogen and oxygen atoms in total. The lowest BCUT2D eigenvalue weighted by molar-refractivity contribution is 0.255. The van der Waals surface area contributed by atoms with Gasteiger partial charge in [-0.15, -0.1) is 0 Å². The van der Waals surface area contributed by atoms with Crippen LogP contribution in [0, 0.1) is 5.41 Å². The molecule has 1 aromatic carbocycles. The van der Waals surface area contributed by atoms with Crippen molar-refractivity contribution in [2.75, 3.05) is 7.11 Å². The van der Waals surface area contributed by atoms with Crippen LogP contribution in [0.2, 0.25) is 0 Å². The summed E-state index contributed by atoms with van der Waals surface area (Å²) in [5, 5.41) is 1.39. The third-order valence-electron chi connectivity index (χ3n) is 5.32. The van der Waals surface area contributed by atoms with E-state index in [1.807, 2.05) is 0 Å². The predicted octanol–water partition coefficient (Wildman–Crippen LogP) is 4.23. The van der Waals surface area contributed by atoms with Crippen LogP contribution in [0.25, 0.3) is 10.9 Å². The lowest BCUT2D eigenvalue weighted by Crippen LogP contribution is -2.25. The van der Waals surface area contributed by atoms with Crippen LogP contribution in [-0.2, 0) is 12.8 Å². The monoisotopic (exact) mass is 255 g/mol. The Morgan fingerprint density at radius 1 is 1.16 bits per heavy atom. The predicted molar refractivity (Wildman–Crippen MR) is 77.8 cm³/mol. The molecule has 1 N–H and O–H groups in total. The molecule has 2 aliphatic rings. The molecule has 0 radical (unpaired) electrons. The molecule has 0 unspecified atom stereocenters. The first-order valence-corrected chi connectivity index (χ1v) is 7.47. The van der Waals surface area contributed by atoms with Gasteiger partial charge in [-0.05, 0) is 61.3 Å². The average Bonchev–Trinajstić information content (AvgIpc) is 3.03. The number of benzene rings is 1. The smallest absolute Gasteiger partial charge is 0.119 e. The number of aromatic amines is 1. The zero-order valence-corrected chi connectivity index (χ0v) is 11.6. The molecule has 0 aliphatic heterocycles. The molecule has 0 bridgehead atoms. The van der Waals surface area contributed by atoms with E-state index in [1.54, 1.807) is 12.7 Å². The number of aryl methyl sites for hydroxylation is 1. The zero-order chi connectivity index (χ0) is 12.9. The van der Waals surface area contributed by atoms with Gasteiger partial charge in [-0.2, -0.15) is 0 Å². The van der Waals surface area contributed by atoms with E-state index in [-0.39, 0.29) is 0 Å². The van der Waals surface area contributed by atoms with Crippen molar-refractivity contribution in [1.82, 2.24) is 4.98 Å². The summed E-state index contributed by atoms with van der Waals surface area (Å²) in [6, 6.07) is 6.42. The fourth-order valence-electron chi connectivity index (χ4n) is 4.23. The van der Waals surface area contributed by atoms with E-state index in [2.05, 4.69) is 23.2 Å². The first kappa shape index (κ1) is 11.4. The first-order chi connectivity index (χ1) is 9.30. The Kier molecular flexibility index (Phi) is 2.41. The molecule has 19 heavy (non-hydrogen) atoms. The summed E-state index contributed by atoms with van der Waals surface area (Å²) in [4.78, 5) is 3.62. The van der Waals surface area contributed by atoms with Crippen LogP contribution >= 0.6 is 0 Å². The average molecular weight is 255 g/mol. The van der Waals surface area contributed by atoms with Gasteiger partial charge in [-0.3, -0.25) is 0 Å². The fraction of sp³-hybridized carbons (Fsp3) is 0.529. The van der Waals surface area contributed by atoms with Crippen molar-refractivity contribution in [3.63, 3.8) is 0 Å². The van der Waals surface area contributed by atoms with Crippen LogP contribution in [0.3, 0.4) is 0 Å². The van der Waals surface area contributed by atoms with Crippen molar-refractivity contribution < 1.29 is 4.74 Å². The second kappa shape index (κ2) is 4.03. The molecule has 2 aliphatic carbocycles. The number of nitrogens with one attached hydrogen (secondary N) is 1. The number of H-pyrrole nitrogens is 1. The fourth-order valence-corrected chi connectivity index (χ4v) is 4.23. The molecule has 0 saturated heterocycles. The standard InChI is InChI=1S/C17H21NO/c1-19-12-4-5-15-13(10-12)14-11-17(7-2-3-8-17)9-6-16(14)18-15/h4-5,10,18H,2-3,6-9,11H2,1H3. The highest BCUT2D eigenvalue weighted by atomic mass is 16.5. The minimum atomic E-state index is 0.616. The van der Waals surface area contributed by atoms with Gasteiger partial charge >= 0.3 is 0 Å². The highest BCUT2D eigenvalue weighted by Gasteiger charge is 2.38. The number of rotatable bonds is 1. The van der Waals surface area contributed by atoms with Crippen molar-refractivity contribution in [2.45, 2.75) is 44.9 Å². The summed E-state index contributed by atoms with van der Waals surface area (Å²) in [6.07, 6.45) is 9.61. The number of fused-ring (bicyclic) bond motifs is 3. The Morgan fingerprint density at radius 2 is 2.00 bits per heavy atom. The molecule has 1 fully saturated rings. The van der Waals surface area contributed by atoms with E-state index in [4.69, 9.17) is 4.74 Å². The van der Waals surface area contributed by atoms with Crippen LogP contribution in [0.1, 0.15) is 43.4 Å². The summed E-state index contributed by atoms with van der Waals surface area (Å²) in [7, 11) is 1.75. The van der Waals surface area contributed by atoms with Gasteiger partial charge in [0.2, 0.25) is 0 Å². The van der Waals surface area contributed by atoms with Crippen molar-refractivity contribution >= 4 is 10.9 Å². The molecule has 0 atom stereocenters. The van der Waals surface area contributed by atoms with E-state index in [0.717, 1.165) is 5.75 Å². The van der Waals surface area contributed by atoms with E-state index in [1.165, 1.54) is 61.5 Å². The maximum atomic E-state index is 5.39. The van der Waals surface area contributed by atoms with Gasteiger partial charge in [-0.1, -0.05) is 12.8 Å². The van der Waals surface area contributed by atoms with Gasteiger partial charge in [0, 0.05) is 16.6 Å². The summed E-state index contributed by atoms with van der Waals surface area (Å²) in [6.45, 7) is 0. The Hall–Kier alpha value is -1.44. The Balaban J connectivity index is 1.83. The molecular weight excluding hydrogens is 234 g/mol. The Morgan fingerprint density at radius 3 is 2.79 bits per heavy atom. The highest BCUT2D eigenvalue weighted by Crippen LogP contribution is 2.49. The van der Waals surface area contributed by atoms with Gasteiger partial charge in [0.1, 0.15) is 5.75 Å². The summed E-state index contributed by atoms with van der Waals surface area (Å²) >= 11 is 0. The molecule has 100 valence electrons. The van der Waals surface area contributed by atoms with Gasteiger partial charge in [0.05, 0.1) is 7.11 Å². The van der Waals surface area contributed by atoms with E-state index in [9.17, 15) is 0 Å². The summed E-state index contributed by atoms with van der Waals surface area (Å²) in [5.74, 6) is 0.973. The van der Waals surface area contributed by atoms with Gasteiger partial charge < -0.3 is 9.72 Å². The molecule has 1 saturated carbocycles. The minimum Gasteiger partial charge on any atom is -0.497 e. The number of hydrogen-bond donors (Lipinski definition) is 1. The lowest BCUT2D eigenvalue weighted by atomic mass is 9.72. The molecule has 1 heterocycles. The first-order valence-electron chi connectivity index (χ1n) is 7.47. The van der Waals surface area contributed by atoms with E-state index in [0.29, 0.717) is 5.41 Å². The van der Waals surface area contributed by atoms with Crippen molar-refractivity contribution in [2.24, 2.45) is 5.41 Å². The molecule has 4 rings (SSSR count). The minimum absolute atomic E-state index is 0.616. The normalized spacial score (nSPS) is 20.9. The van der Waals surface area contributed by atoms with E-state index < -0.39 is 0 Å². The van der Waals surface area contributed by atoms with Gasteiger partial charge in [-0.25, -0.2) is 0 Å². The number of ether oxygens (including phenoxy) is 1. The van der Waals surface area contributed by atoms with Crippen molar-refractivity contribution in [3.05, 3.63) is 29.5 Å². The molecular formula is C17H21NO. The van der Waals surface area contributed by atoms with Crippen LogP contribution in [-0.4, -0.2) is 12.1 Å². The van der Waals surface area contributed by atoms with E-state index >= 15 is 0 Å². The van der Waals surface area contributed by atoms with Gasteiger partial charge in [0.25, 0.3) is 0 Å². The van der Waals surface area contributed by atoms with Crippen LogP contribution in [0.15, 0.2) is 18.2 Å². The third-order valence-corrected chi connectivity index (χ3v) is 5.32. The SMILES string of the molecule is COc1ccc2[nH]c3c(c2c1)CC1(CCCC1)CC3. The summed E-state index contributed by atoms with van der Waals surface area (Å²) in [5.41, 5.74) is 4.94. The second-order valence-corrected chi connectivity index (χ2v) is 6.38. The Bertz CT molecular complexity index is 619. The molecule has 2 aromatic rings. The van der Waals surface area contributed by atoms with Crippen LogP contribution in [0.4, 0.5) is 0 Å². The topological polar surface area (TPSA) is 25.0 Å². The summed E-state index contributed by atoms with van der Waals surface area (Å²) < 4.78 is 5.39. The maximum Gasteiger partial charge on any atom is 0.119 e. The molecule has 1 aromatic heterocycles. The lowest BCUT2D eigenvalue weighted by Gasteiger charge is -2.33. The number of aromatic nitrogens is 1. The van der Waals surface area contributed by atoms with Crippen LogP contribution in [0.5, 0.6) is 5.75 Å². The molecule has 0 amide bonds. The molecule has 2 heteroatoms. The second-order valence-electron chi connectivity index (χ2n) is 6.38. The van der Waals surface area contributed by atoms with Crippen molar-refractivity contribution in [3.8, 4) is 5.75 Å². The van der Waals surface area contributed by atoms with Gasteiger partial charge in [0.15, 0.2) is 0 Å². The van der Waals surface area contributed by atoms with Crippen LogP contribution < -0.4 is 4.74 Å².